The van der Waals surface area contributed by atoms with Crippen molar-refractivity contribution in [1.29, 1.82) is 0 Å². The van der Waals surface area contributed by atoms with E-state index in [1.165, 1.54) is 0 Å². The summed E-state index contributed by atoms with van der Waals surface area (Å²) < 4.78 is 7.45. The molecule has 4 rings (SSSR count). The molecule has 1 aromatic carbocycles. The van der Waals surface area contributed by atoms with E-state index in [0.717, 1.165) is 28.8 Å². The molecule has 0 radical (unpaired) electrons. The summed E-state index contributed by atoms with van der Waals surface area (Å²) >= 11 is 0. The number of hydrogen-bond acceptors (Lipinski definition) is 3. The van der Waals surface area contributed by atoms with Crippen molar-refractivity contribution in [2.24, 2.45) is 7.05 Å². The van der Waals surface area contributed by atoms with Gasteiger partial charge in [-0.15, -0.1) is 0 Å². The Balaban J connectivity index is 1.66. The number of nitrogens with one attached hydrogen (secondary N) is 1. The number of aryl methyl sites for hydroxylation is 1. The number of urea groups is 1. The Morgan fingerprint density at radius 2 is 2.36 bits per heavy atom. The largest absolute Gasteiger partial charge is 0.404 e. The summed E-state index contributed by atoms with van der Waals surface area (Å²) in [6.07, 6.45) is 5.82. The number of fused-ring (bicyclic) bond motifs is 2. The second-order valence-corrected chi connectivity index (χ2v) is 5.36. The molecule has 3 heterocycles. The minimum absolute atomic E-state index is 0.151. The molecule has 2 amide bonds. The molecule has 0 bridgehead atoms. The van der Waals surface area contributed by atoms with Gasteiger partial charge in [-0.2, -0.15) is 4.57 Å². The molecule has 0 atom stereocenters. The third kappa shape index (κ3) is 2.00. The van der Waals surface area contributed by atoms with E-state index >= 15 is 0 Å². The first-order chi connectivity index (χ1) is 10.7. The van der Waals surface area contributed by atoms with E-state index < -0.39 is 0 Å². The van der Waals surface area contributed by atoms with Crippen LogP contribution in [-0.2, 0) is 13.5 Å². The fourth-order valence-electron chi connectivity index (χ4n) is 2.81. The van der Waals surface area contributed by atoms with Crippen molar-refractivity contribution in [3.8, 4) is 0 Å². The summed E-state index contributed by atoms with van der Waals surface area (Å²) in [5.74, 6) is 0. The molecule has 3 aromatic rings. The Kier molecular flexibility index (Phi) is 2.82. The molecule has 6 heteroatoms. The lowest BCUT2D eigenvalue weighted by Crippen LogP contribution is -2.33. The van der Waals surface area contributed by atoms with E-state index in [4.69, 9.17) is 4.42 Å². The fourth-order valence-corrected chi connectivity index (χ4v) is 2.81. The minimum Gasteiger partial charge on any atom is -0.404 e. The number of aromatic nitrogens is 2. The minimum atomic E-state index is -0.151. The highest BCUT2D eigenvalue weighted by atomic mass is 16.3. The molecule has 1 aliphatic heterocycles. The number of carbonyl (C=O) groups excluding carboxylic acids is 1. The van der Waals surface area contributed by atoms with E-state index in [2.05, 4.69) is 16.4 Å². The zero-order chi connectivity index (χ0) is 15.1. The Morgan fingerprint density at radius 1 is 1.45 bits per heavy atom. The number of pyridine rings is 1. The quantitative estimate of drug-likeness (QED) is 0.700. The van der Waals surface area contributed by atoms with E-state index in [9.17, 15) is 4.79 Å². The number of anilines is 2. The highest BCUT2D eigenvalue weighted by Gasteiger charge is 2.27. The second-order valence-electron chi connectivity index (χ2n) is 5.36. The van der Waals surface area contributed by atoms with Gasteiger partial charge in [0.1, 0.15) is 7.05 Å². The van der Waals surface area contributed by atoms with Gasteiger partial charge < -0.3 is 9.73 Å². The Morgan fingerprint density at radius 3 is 3.18 bits per heavy atom. The van der Waals surface area contributed by atoms with Crippen molar-refractivity contribution >= 4 is 28.5 Å². The number of oxazole rings is 1. The average Bonchev–Trinajstić information content (AvgIpc) is 3.10. The summed E-state index contributed by atoms with van der Waals surface area (Å²) in [7, 11) is 1.94. The molecular weight excluding hydrogens is 280 g/mol. The SMILES string of the molecule is C[n+]1coc2cc3c(cc21)CCN3C(=O)Nc1cccnc1. The molecule has 6 nitrogen and oxygen atoms in total. The first kappa shape index (κ1) is 12.8. The predicted molar refractivity (Wildman–Crippen MR) is 81.7 cm³/mol. The van der Waals surface area contributed by atoms with Crippen LogP contribution in [0.2, 0.25) is 0 Å². The third-order valence-corrected chi connectivity index (χ3v) is 3.93. The van der Waals surface area contributed by atoms with Gasteiger partial charge in [-0.25, -0.2) is 4.79 Å². The van der Waals surface area contributed by atoms with Gasteiger partial charge in [-0.3, -0.25) is 9.88 Å². The van der Waals surface area contributed by atoms with Gasteiger partial charge >= 0.3 is 12.4 Å². The molecule has 22 heavy (non-hydrogen) atoms. The molecule has 0 saturated carbocycles. The molecule has 1 N–H and O–H groups in total. The van der Waals surface area contributed by atoms with Gasteiger partial charge in [-0.1, -0.05) is 0 Å². The molecule has 0 saturated heterocycles. The van der Waals surface area contributed by atoms with Gasteiger partial charge in [0.2, 0.25) is 5.58 Å². The lowest BCUT2D eigenvalue weighted by Gasteiger charge is -2.17. The van der Waals surface area contributed by atoms with Crippen molar-refractivity contribution in [2.45, 2.75) is 6.42 Å². The van der Waals surface area contributed by atoms with E-state index in [1.54, 1.807) is 29.8 Å². The number of nitrogens with zero attached hydrogens (tertiary/aromatic N) is 3. The van der Waals surface area contributed by atoms with Crippen molar-refractivity contribution in [3.05, 3.63) is 48.6 Å². The predicted octanol–water partition coefficient (Wildman–Crippen LogP) is 2.25. The lowest BCUT2D eigenvalue weighted by molar-refractivity contribution is -0.650. The van der Waals surface area contributed by atoms with Gasteiger partial charge in [0.05, 0.1) is 17.6 Å². The van der Waals surface area contributed by atoms with Crippen LogP contribution in [0, 0.1) is 0 Å². The first-order valence-corrected chi connectivity index (χ1v) is 7.11. The second kappa shape index (κ2) is 4.84. The Bertz CT molecular complexity index is 857. The van der Waals surface area contributed by atoms with Crippen molar-refractivity contribution in [3.63, 3.8) is 0 Å². The van der Waals surface area contributed by atoms with Crippen LogP contribution < -0.4 is 14.8 Å². The molecule has 110 valence electrons. The lowest BCUT2D eigenvalue weighted by atomic mass is 10.1. The molecule has 1 aliphatic rings. The Labute approximate surface area is 127 Å². The van der Waals surface area contributed by atoms with Crippen LogP contribution in [0.15, 0.2) is 47.5 Å². The maximum Gasteiger partial charge on any atom is 0.335 e. The zero-order valence-electron chi connectivity index (χ0n) is 12.1. The molecular formula is C16H15N4O2+. The van der Waals surface area contributed by atoms with Crippen LogP contribution in [-0.4, -0.2) is 17.6 Å². The van der Waals surface area contributed by atoms with Gasteiger partial charge in [0.15, 0.2) is 0 Å². The molecule has 2 aromatic heterocycles. The number of hydrogen-bond donors (Lipinski definition) is 1. The smallest absolute Gasteiger partial charge is 0.335 e. The van der Waals surface area contributed by atoms with Crippen molar-refractivity contribution in [1.82, 2.24) is 4.98 Å². The summed E-state index contributed by atoms with van der Waals surface area (Å²) in [6, 6.07) is 7.48. The van der Waals surface area contributed by atoms with E-state index in [-0.39, 0.29) is 6.03 Å². The van der Waals surface area contributed by atoms with Crippen molar-refractivity contribution in [2.75, 3.05) is 16.8 Å². The highest BCUT2D eigenvalue weighted by molar-refractivity contribution is 6.04. The van der Waals surface area contributed by atoms with Gasteiger partial charge in [-0.05, 0) is 24.1 Å². The fraction of sp³-hybridized carbons (Fsp3) is 0.188. The van der Waals surface area contributed by atoms with E-state index in [0.29, 0.717) is 12.2 Å². The maximum atomic E-state index is 12.5. The summed E-state index contributed by atoms with van der Waals surface area (Å²) in [4.78, 5) is 18.2. The molecule has 0 aliphatic carbocycles. The average molecular weight is 295 g/mol. The summed E-state index contributed by atoms with van der Waals surface area (Å²) in [5, 5.41) is 2.87. The topological polar surface area (TPSA) is 62.2 Å². The van der Waals surface area contributed by atoms with Crippen LogP contribution in [0.1, 0.15) is 5.56 Å². The summed E-state index contributed by atoms with van der Waals surface area (Å²) in [6.45, 7) is 0.664. The van der Waals surface area contributed by atoms with Crippen LogP contribution in [0.4, 0.5) is 16.2 Å². The van der Waals surface area contributed by atoms with Crippen LogP contribution >= 0.6 is 0 Å². The maximum absolute atomic E-state index is 12.5. The highest BCUT2D eigenvalue weighted by Crippen LogP contribution is 2.32. The van der Waals surface area contributed by atoms with E-state index in [1.807, 2.05) is 23.7 Å². The third-order valence-electron chi connectivity index (χ3n) is 3.93. The molecule has 0 spiro atoms. The number of rotatable bonds is 1. The van der Waals surface area contributed by atoms with Gasteiger partial charge in [0, 0.05) is 24.9 Å². The van der Waals surface area contributed by atoms with Gasteiger partial charge in [0.25, 0.3) is 5.52 Å². The van der Waals surface area contributed by atoms with Crippen LogP contribution in [0.5, 0.6) is 0 Å². The Hall–Kier alpha value is -2.89. The number of benzene rings is 1. The number of carbonyl (C=O) groups is 1. The molecule has 0 fully saturated rings. The standard InChI is InChI=1S/C16H14N4O2/c1-19-10-22-15-8-13-11(7-14(15)19)4-6-20(13)16(21)18-12-3-2-5-17-9-12/h2-3,5,7-10H,4,6H2,1H3/p+1. The molecule has 0 unspecified atom stereocenters. The summed E-state index contributed by atoms with van der Waals surface area (Å²) in [5.41, 5.74) is 4.57. The monoisotopic (exact) mass is 295 g/mol. The van der Waals surface area contributed by atoms with Crippen LogP contribution in [0.25, 0.3) is 11.1 Å². The normalized spacial score (nSPS) is 13.4. The van der Waals surface area contributed by atoms with Crippen LogP contribution in [0.3, 0.4) is 0 Å². The first-order valence-electron chi connectivity index (χ1n) is 7.11. The van der Waals surface area contributed by atoms with Crippen molar-refractivity contribution < 1.29 is 13.8 Å². The zero-order valence-corrected chi connectivity index (χ0v) is 12.1. The number of amides is 2.